The number of rotatable bonds is 7. The first-order chi connectivity index (χ1) is 9.22. The molecule has 0 aliphatic heterocycles. The van der Waals surface area contributed by atoms with Gasteiger partial charge in [-0.15, -0.1) is 0 Å². The molecule has 0 saturated heterocycles. The molecule has 0 amide bonds. The highest BCUT2D eigenvalue weighted by atomic mass is 32.2. The molecule has 0 radical (unpaired) electrons. The van der Waals surface area contributed by atoms with Gasteiger partial charge in [-0.25, -0.2) is 13.1 Å². The molecular formula is C13H22N2O3S2. The van der Waals surface area contributed by atoms with E-state index in [1.807, 2.05) is 13.2 Å². The molecule has 7 heteroatoms. The largest absolute Gasteiger partial charge is 0.398 e. The smallest absolute Gasteiger partial charge is 0.240 e. The fourth-order valence-electron chi connectivity index (χ4n) is 1.76. The van der Waals surface area contributed by atoms with Crippen LogP contribution in [-0.2, 0) is 16.4 Å². The first-order valence-electron chi connectivity index (χ1n) is 6.31. The fourth-order valence-corrected chi connectivity index (χ4v) is 3.68. The molecule has 0 saturated carbocycles. The number of nitrogens with one attached hydrogen (secondary N) is 1. The van der Waals surface area contributed by atoms with Crippen molar-refractivity contribution in [3.8, 4) is 0 Å². The second-order valence-electron chi connectivity index (χ2n) is 4.97. The highest BCUT2D eigenvalue weighted by Gasteiger charge is 2.24. The molecule has 0 fully saturated rings. The number of hydrogen-bond donors (Lipinski definition) is 3. The summed E-state index contributed by atoms with van der Waals surface area (Å²) >= 11 is 1.46. The summed E-state index contributed by atoms with van der Waals surface area (Å²) in [7, 11) is -3.66. The average Bonchev–Trinajstić information content (AvgIpc) is 2.36. The predicted molar refractivity (Wildman–Crippen MR) is 84.4 cm³/mol. The van der Waals surface area contributed by atoms with Crippen LogP contribution in [0.5, 0.6) is 0 Å². The average molecular weight is 318 g/mol. The Labute approximate surface area is 125 Å². The van der Waals surface area contributed by atoms with Crippen molar-refractivity contribution in [1.29, 1.82) is 0 Å². The highest BCUT2D eigenvalue weighted by Crippen LogP contribution is 2.19. The van der Waals surface area contributed by atoms with Crippen molar-refractivity contribution < 1.29 is 13.5 Å². The van der Waals surface area contributed by atoms with Crippen LogP contribution in [0.2, 0.25) is 0 Å². The molecule has 0 bridgehead atoms. The molecule has 20 heavy (non-hydrogen) atoms. The molecule has 0 aliphatic carbocycles. The van der Waals surface area contributed by atoms with Crippen molar-refractivity contribution in [3.63, 3.8) is 0 Å². The Morgan fingerprint density at radius 3 is 2.60 bits per heavy atom. The number of nitrogens with two attached hydrogens (primary N) is 1. The Morgan fingerprint density at radius 2 is 2.10 bits per heavy atom. The lowest BCUT2D eigenvalue weighted by Crippen LogP contribution is -2.42. The van der Waals surface area contributed by atoms with Gasteiger partial charge in [-0.3, -0.25) is 0 Å². The molecule has 1 unspecified atom stereocenters. The zero-order valence-electron chi connectivity index (χ0n) is 12.0. The SMILES string of the molecule is CCc1ccc(S(=O)(=O)NCC(C)(O)CSC)cc1N. The van der Waals surface area contributed by atoms with Crippen molar-refractivity contribution in [2.75, 3.05) is 24.3 Å². The summed E-state index contributed by atoms with van der Waals surface area (Å²) < 4.78 is 26.7. The summed E-state index contributed by atoms with van der Waals surface area (Å²) in [6, 6.07) is 4.69. The number of aliphatic hydroxyl groups is 1. The Bertz CT molecular complexity index is 557. The summed E-state index contributed by atoms with van der Waals surface area (Å²) in [6.45, 7) is 3.52. The lowest BCUT2D eigenvalue weighted by molar-refractivity contribution is 0.0908. The Kier molecular flexibility index (Phi) is 5.88. The van der Waals surface area contributed by atoms with Gasteiger partial charge in [0.25, 0.3) is 0 Å². The number of benzene rings is 1. The number of nitrogen functional groups attached to an aromatic ring is 1. The van der Waals surface area contributed by atoms with E-state index in [4.69, 9.17) is 5.73 Å². The molecular weight excluding hydrogens is 296 g/mol. The third-order valence-electron chi connectivity index (χ3n) is 2.91. The Balaban J connectivity index is 2.87. The van der Waals surface area contributed by atoms with E-state index in [-0.39, 0.29) is 11.4 Å². The summed E-state index contributed by atoms with van der Waals surface area (Å²) in [5.74, 6) is 0.451. The molecule has 0 heterocycles. The predicted octanol–water partition coefficient (Wildman–Crippen LogP) is 1.22. The van der Waals surface area contributed by atoms with E-state index >= 15 is 0 Å². The van der Waals surface area contributed by atoms with Gasteiger partial charge in [-0.2, -0.15) is 11.8 Å². The van der Waals surface area contributed by atoms with Crippen LogP contribution >= 0.6 is 11.8 Å². The fraction of sp³-hybridized carbons (Fsp3) is 0.538. The van der Waals surface area contributed by atoms with Crippen molar-refractivity contribution in [2.45, 2.75) is 30.8 Å². The summed E-state index contributed by atoms with van der Waals surface area (Å²) in [5, 5.41) is 9.99. The van der Waals surface area contributed by atoms with E-state index in [2.05, 4.69) is 4.72 Å². The molecule has 1 aromatic carbocycles. The maximum Gasteiger partial charge on any atom is 0.240 e. The van der Waals surface area contributed by atoms with Crippen molar-refractivity contribution in [2.24, 2.45) is 0 Å². The van der Waals surface area contributed by atoms with Crippen LogP contribution in [0.3, 0.4) is 0 Å². The maximum absolute atomic E-state index is 12.2. The van der Waals surface area contributed by atoms with Crippen LogP contribution in [0.25, 0.3) is 0 Å². The topological polar surface area (TPSA) is 92.4 Å². The maximum atomic E-state index is 12.2. The number of aryl methyl sites for hydroxylation is 1. The quantitative estimate of drug-likeness (QED) is 0.658. The van der Waals surface area contributed by atoms with Gasteiger partial charge < -0.3 is 10.8 Å². The van der Waals surface area contributed by atoms with Crippen LogP contribution in [-0.4, -0.2) is 37.7 Å². The lowest BCUT2D eigenvalue weighted by Gasteiger charge is -2.22. The van der Waals surface area contributed by atoms with Gasteiger partial charge in [0.1, 0.15) is 0 Å². The van der Waals surface area contributed by atoms with Crippen molar-refractivity contribution >= 4 is 27.5 Å². The van der Waals surface area contributed by atoms with Crippen molar-refractivity contribution in [3.05, 3.63) is 23.8 Å². The number of thioether (sulfide) groups is 1. The van der Waals surface area contributed by atoms with E-state index in [9.17, 15) is 13.5 Å². The number of hydrogen-bond acceptors (Lipinski definition) is 5. The zero-order chi connectivity index (χ0) is 15.4. The van der Waals surface area contributed by atoms with Gasteiger partial charge in [0, 0.05) is 18.0 Å². The normalized spacial score (nSPS) is 15.0. The molecule has 1 aromatic rings. The summed E-state index contributed by atoms with van der Waals surface area (Å²) in [6.07, 6.45) is 2.61. The van der Waals surface area contributed by atoms with Gasteiger partial charge in [0.05, 0.1) is 10.5 Å². The van der Waals surface area contributed by atoms with E-state index in [0.717, 1.165) is 12.0 Å². The molecule has 4 N–H and O–H groups in total. The summed E-state index contributed by atoms with van der Waals surface area (Å²) in [5.41, 5.74) is 6.11. The molecule has 0 aliphatic rings. The minimum Gasteiger partial charge on any atom is -0.398 e. The second-order valence-corrected chi connectivity index (χ2v) is 7.60. The molecule has 0 aromatic heterocycles. The van der Waals surface area contributed by atoms with E-state index < -0.39 is 15.6 Å². The van der Waals surface area contributed by atoms with Gasteiger partial charge in [-0.05, 0) is 37.3 Å². The van der Waals surface area contributed by atoms with Gasteiger partial charge in [0.2, 0.25) is 10.0 Å². The van der Waals surface area contributed by atoms with Crippen LogP contribution in [0.15, 0.2) is 23.1 Å². The summed E-state index contributed by atoms with van der Waals surface area (Å²) in [4.78, 5) is 0.118. The molecule has 114 valence electrons. The number of sulfonamides is 1. The first kappa shape index (κ1) is 17.3. The standard InChI is InChI=1S/C13H22N2O3S2/c1-4-10-5-6-11(7-12(10)14)20(17,18)15-8-13(2,16)9-19-3/h5-7,15-16H,4,8-9,14H2,1-3H3. The third kappa shape index (κ3) is 4.66. The zero-order valence-corrected chi connectivity index (χ0v) is 13.6. The molecule has 1 atom stereocenters. The van der Waals surface area contributed by atoms with Crippen LogP contribution in [0.4, 0.5) is 5.69 Å². The molecule has 5 nitrogen and oxygen atoms in total. The Morgan fingerprint density at radius 1 is 1.45 bits per heavy atom. The van der Waals surface area contributed by atoms with E-state index in [1.54, 1.807) is 13.0 Å². The highest BCUT2D eigenvalue weighted by molar-refractivity contribution is 7.98. The van der Waals surface area contributed by atoms with E-state index in [0.29, 0.717) is 11.4 Å². The first-order valence-corrected chi connectivity index (χ1v) is 9.19. The third-order valence-corrected chi connectivity index (χ3v) is 5.22. The lowest BCUT2D eigenvalue weighted by atomic mass is 10.1. The molecule has 1 rings (SSSR count). The van der Waals surface area contributed by atoms with Gasteiger partial charge in [0.15, 0.2) is 0 Å². The van der Waals surface area contributed by atoms with Crippen LogP contribution in [0.1, 0.15) is 19.4 Å². The second kappa shape index (κ2) is 6.80. The molecule has 0 spiro atoms. The van der Waals surface area contributed by atoms with Gasteiger partial charge >= 0.3 is 0 Å². The van der Waals surface area contributed by atoms with Crippen molar-refractivity contribution in [1.82, 2.24) is 4.72 Å². The van der Waals surface area contributed by atoms with E-state index in [1.165, 1.54) is 23.9 Å². The Hall–Kier alpha value is -0.760. The van der Waals surface area contributed by atoms with Gasteiger partial charge in [-0.1, -0.05) is 13.0 Å². The monoisotopic (exact) mass is 318 g/mol. The number of anilines is 1. The van der Waals surface area contributed by atoms with Crippen LogP contribution < -0.4 is 10.5 Å². The minimum atomic E-state index is -3.66. The minimum absolute atomic E-state index is 0.0361. The van der Waals surface area contributed by atoms with Crippen LogP contribution in [0, 0.1) is 0 Å².